The van der Waals surface area contributed by atoms with Crippen LogP contribution in [0.3, 0.4) is 0 Å². The number of likely N-dealkylation sites (tertiary alicyclic amines) is 1. The number of benzene rings is 1. The number of thiazole rings is 1. The molecule has 0 radical (unpaired) electrons. The molecule has 1 aliphatic heterocycles. The highest BCUT2D eigenvalue weighted by Crippen LogP contribution is 2.23. The van der Waals surface area contributed by atoms with Crippen LogP contribution in [0.2, 0.25) is 0 Å². The SMILES string of the molecule is COc1ccc(C(=O)N2CC[C@H](Cc3nccs3)C2)cc1. The van der Waals surface area contributed by atoms with Gasteiger partial charge < -0.3 is 9.64 Å². The van der Waals surface area contributed by atoms with Gasteiger partial charge in [0.15, 0.2) is 0 Å². The van der Waals surface area contributed by atoms with Gasteiger partial charge >= 0.3 is 0 Å². The second kappa shape index (κ2) is 6.26. The van der Waals surface area contributed by atoms with Crippen molar-refractivity contribution in [3.8, 4) is 5.75 Å². The fraction of sp³-hybridized carbons (Fsp3) is 0.375. The molecule has 2 heterocycles. The van der Waals surface area contributed by atoms with E-state index in [9.17, 15) is 4.79 Å². The second-order valence-electron chi connectivity index (χ2n) is 5.26. The van der Waals surface area contributed by atoms with Crippen molar-refractivity contribution >= 4 is 17.2 Å². The Hall–Kier alpha value is -1.88. The number of carbonyl (C=O) groups is 1. The van der Waals surface area contributed by atoms with Crippen LogP contribution in [0.5, 0.6) is 5.75 Å². The van der Waals surface area contributed by atoms with E-state index >= 15 is 0 Å². The van der Waals surface area contributed by atoms with Crippen LogP contribution in [0.15, 0.2) is 35.8 Å². The van der Waals surface area contributed by atoms with Crippen molar-refractivity contribution in [2.24, 2.45) is 5.92 Å². The summed E-state index contributed by atoms with van der Waals surface area (Å²) in [7, 11) is 1.63. The van der Waals surface area contributed by atoms with E-state index in [2.05, 4.69) is 4.98 Å². The summed E-state index contributed by atoms with van der Waals surface area (Å²) in [6, 6.07) is 7.32. The molecule has 0 saturated carbocycles. The first-order valence-electron chi connectivity index (χ1n) is 7.08. The number of amides is 1. The van der Waals surface area contributed by atoms with E-state index in [0.717, 1.165) is 37.2 Å². The summed E-state index contributed by atoms with van der Waals surface area (Å²) in [4.78, 5) is 18.7. The average molecular weight is 302 g/mol. The standard InChI is InChI=1S/C16H18N2O2S/c1-20-14-4-2-13(3-5-14)16(19)18-8-6-12(11-18)10-15-17-7-9-21-15/h2-5,7,9,12H,6,8,10-11H2,1H3/t12-/m1/s1. The monoisotopic (exact) mass is 302 g/mol. The predicted molar refractivity (Wildman–Crippen MR) is 82.8 cm³/mol. The van der Waals surface area contributed by atoms with E-state index in [1.807, 2.05) is 40.7 Å². The van der Waals surface area contributed by atoms with Gasteiger partial charge in [-0.1, -0.05) is 0 Å². The van der Waals surface area contributed by atoms with Gasteiger partial charge in [0.2, 0.25) is 0 Å². The molecule has 2 aromatic rings. The molecule has 1 saturated heterocycles. The molecule has 1 amide bonds. The quantitative estimate of drug-likeness (QED) is 0.872. The van der Waals surface area contributed by atoms with Crippen molar-refractivity contribution in [2.45, 2.75) is 12.8 Å². The molecular formula is C16H18N2O2S. The lowest BCUT2D eigenvalue weighted by molar-refractivity contribution is 0.0787. The average Bonchev–Trinajstić information content (AvgIpc) is 3.19. The van der Waals surface area contributed by atoms with E-state index < -0.39 is 0 Å². The van der Waals surface area contributed by atoms with Crippen molar-refractivity contribution in [2.75, 3.05) is 20.2 Å². The third-order valence-electron chi connectivity index (χ3n) is 3.86. The molecule has 0 aliphatic carbocycles. The van der Waals surface area contributed by atoms with E-state index in [0.29, 0.717) is 5.92 Å². The van der Waals surface area contributed by atoms with Crippen molar-refractivity contribution in [1.29, 1.82) is 0 Å². The smallest absolute Gasteiger partial charge is 0.253 e. The zero-order valence-corrected chi connectivity index (χ0v) is 12.8. The molecule has 0 N–H and O–H groups in total. The van der Waals surface area contributed by atoms with Gasteiger partial charge in [-0.25, -0.2) is 4.98 Å². The Morgan fingerprint density at radius 3 is 2.90 bits per heavy atom. The summed E-state index contributed by atoms with van der Waals surface area (Å²) < 4.78 is 5.12. The van der Waals surface area contributed by atoms with E-state index in [1.54, 1.807) is 18.4 Å². The van der Waals surface area contributed by atoms with Gasteiger partial charge in [0.25, 0.3) is 5.91 Å². The minimum Gasteiger partial charge on any atom is -0.497 e. The first-order valence-corrected chi connectivity index (χ1v) is 7.96. The first kappa shape index (κ1) is 14.1. The lowest BCUT2D eigenvalue weighted by Gasteiger charge is -2.16. The number of methoxy groups -OCH3 is 1. The molecule has 4 nitrogen and oxygen atoms in total. The number of nitrogens with zero attached hydrogens (tertiary/aromatic N) is 2. The van der Waals surface area contributed by atoms with Gasteiger partial charge in [0.05, 0.1) is 12.1 Å². The molecule has 0 spiro atoms. The predicted octanol–water partition coefficient (Wildman–Crippen LogP) is 2.86. The van der Waals surface area contributed by atoms with E-state index in [1.165, 1.54) is 5.01 Å². The van der Waals surface area contributed by atoms with Gasteiger partial charge in [-0.2, -0.15) is 0 Å². The molecular weight excluding hydrogens is 284 g/mol. The molecule has 0 bridgehead atoms. The van der Waals surface area contributed by atoms with Crippen LogP contribution in [-0.2, 0) is 6.42 Å². The van der Waals surface area contributed by atoms with Crippen molar-refractivity contribution < 1.29 is 9.53 Å². The van der Waals surface area contributed by atoms with E-state index in [-0.39, 0.29) is 5.91 Å². The summed E-state index contributed by atoms with van der Waals surface area (Å²) in [6.45, 7) is 1.66. The maximum atomic E-state index is 12.5. The Balaban J connectivity index is 1.60. The fourth-order valence-corrected chi connectivity index (χ4v) is 3.43. The molecule has 0 unspecified atom stereocenters. The fourth-order valence-electron chi connectivity index (χ4n) is 2.70. The first-order chi connectivity index (χ1) is 10.3. The number of carbonyl (C=O) groups excluding carboxylic acids is 1. The number of aromatic nitrogens is 1. The maximum absolute atomic E-state index is 12.5. The largest absolute Gasteiger partial charge is 0.497 e. The summed E-state index contributed by atoms with van der Waals surface area (Å²) in [5.74, 6) is 1.41. The molecule has 1 atom stereocenters. The third-order valence-corrected chi connectivity index (χ3v) is 4.66. The lowest BCUT2D eigenvalue weighted by Crippen LogP contribution is -2.28. The highest BCUT2D eigenvalue weighted by atomic mass is 32.1. The van der Waals surface area contributed by atoms with Gasteiger partial charge in [-0.15, -0.1) is 11.3 Å². The number of hydrogen-bond donors (Lipinski definition) is 0. The van der Waals surface area contributed by atoms with Crippen molar-refractivity contribution in [3.05, 3.63) is 46.4 Å². The zero-order valence-electron chi connectivity index (χ0n) is 12.0. The highest BCUT2D eigenvalue weighted by Gasteiger charge is 2.27. The molecule has 5 heteroatoms. The minimum atomic E-state index is 0.110. The van der Waals surface area contributed by atoms with Crippen molar-refractivity contribution in [1.82, 2.24) is 9.88 Å². The molecule has 110 valence electrons. The summed E-state index contributed by atoms with van der Waals surface area (Å²) >= 11 is 1.69. The molecule has 1 aliphatic rings. The second-order valence-corrected chi connectivity index (χ2v) is 6.24. The molecule has 1 fully saturated rings. The number of ether oxygens (including phenoxy) is 1. The number of rotatable bonds is 4. The Bertz CT molecular complexity index is 595. The van der Waals surface area contributed by atoms with Crippen LogP contribution in [0.1, 0.15) is 21.8 Å². The number of hydrogen-bond acceptors (Lipinski definition) is 4. The molecule has 1 aromatic heterocycles. The summed E-state index contributed by atoms with van der Waals surface area (Å²) in [5.41, 5.74) is 0.727. The Morgan fingerprint density at radius 2 is 2.24 bits per heavy atom. The van der Waals surface area contributed by atoms with Crippen LogP contribution in [0, 0.1) is 5.92 Å². The molecule has 21 heavy (non-hydrogen) atoms. The Kier molecular flexibility index (Phi) is 4.20. The molecule has 3 rings (SSSR count). The van der Waals surface area contributed by atoms with Crippen molar-refractivity contribution in [3.63, 3.8) is 0 Å². The van der Waals surface area contributed by atoms with Gasteiger partial charge in [0, 0.05) is 36.7 Å². The van der Waals surface area contributed by atoms with Gasteiger partial charge in [0.1, 0.15) is 5.75 Å². The third kappa shape index (κ3) is 3.24. The Morgan fingerprint density at radius 1 is 1.43 bits per heavy atom. The molecule has 1 aromatic carbocycles. The zero-order chi connectivity index (χ0) is 14.7. The van der Waals surface area contributed by atoms with Gasteiger partial charge in [-0.05, 0) is 36.6 Å². The minimum absolute atomic E-state index is 0.110. The summed E-state index contributed by atoms with van der Waals surface area (Å²) in [6.07, 6.45) is 3.88. The van der Waals surface area contributed by atoms with Gasteiger partial charge in [-0.3, -0.25) is 4.79 Å². The normalized spacial score (nSPS) is 18.0. The van der Waals surface area contributed by atoms with Crippen LogP contribution < -0.4 is 4.74 Å². The van der Waals surface area contributed by atoms with E-state index in [4.69, 9.17) is 4.74 Å². The summed E-state index contributed by atoms with van der Waals surface area (Å²) in [5, 5.41) is 3.17. The topological polar surface area (TPSA) is 42.4 Å². The Labute approximate surface area is 128 Å². The van der Waals surface area contributed by atoms with Crippen LogP contribution >= 0.6 is 11.3 Å². The maximum Gasteiger partial charge on any atom is 0.253 e. The highest BCUT2D eigenvalue weighted by molar-refractivity contribution is 7.09. The van der Waals surface area contributed by atoms with Crippen LogP contribution in [0.4, 0.5) is 0 Å². The van der Waals surface area contributed by atoms with Crippen LogP contribution in [0.25, 0.3) is 0 Å². The van der Waals surface area contributed by atoms with Crippen LogP contribution in [-0.4, -0.2) is 36.0 Å². The lowest BCUT2D eigenvalue weighted by atomic mass is 10.1.